The minimum absolute atomic E-state index is 0.164. The van der Waals surface area contributed by atoms with Crippen molar-refractivity contribution in [3.63, 3.8) is 0 Å². The molecule has 6 heteroatoms. The molecular weight excluding hydrogens is 318 g/mol. The summed E-state index contributed by atoms with van der Waals surface area (Å²) >= 11 is 0. The van der Waals surface area contributed by atoms with E-state index < -0.39 is 11.5 Å². The van der Waals surface area contributed by atoms with E-state index in [1.54, 1.807) is 6.92 Å². The zero-order chi connectivity index (χ0) is 18.6. The minimum atomic E-state index is -1.02. The number of para-hydroxylation sites is 1. The highest BCUT2D eigenvalue weighted by molar-refractivity contribution is 5.88. The van der Waals surface area contributed by atoms with Crippen molar-refractivity contribution in [2.75, 3.05) is 7.11 Å². The number of aromatic nitrogens is 2. The van der Waals surface area contributed by atoms with E-state index in [0.29, 0.717) is 6.42 Å². The fourth-order valence-corrected chi connectivity index (χ4v) is 2.77. The molecule has 2 aromatic rings. The third-order valence-electron chi connectivity index (χ3n) is 4.54. The van der Waals surface area contributed by atoms with Crippen LogP contribution in [0.1, 0.15) is 37.2 Å². The van der Waals surface area contributed by atoms with Gasteiger partial charge < -0.3 is 10.1 Å². The lowest BCUT2D eigenvalue weighted by molar-refractivity contribution is -0.150. The van der Waals surface area contributed by atoms with E-state index in [4.69, 9.17) is 4.74 Å². The first-order valence-electron chi connectivity index (χ1n) is 8.32. The molecule has 0 aliphatic heterocycles. The van der Waals surface area contributed by atoms with Gasteiger partial charge in [-0.25, -0.2) is 9.48 Å². The van der Waals surface area contributed by atoms with Crippen molar-refractivity contribution in [1.82, 2.24) is 15.1 Å². The number of amides is 1. The lowest BCUT2D eigenvalue weighted by atomic mass is 9.98. The van der Waals surface area contributed by atoms with E-state index in [1.807, 2.05) is 55.8 Å². The lowest BCUT2D eigenvalue weighted by Gasteiger charge is -2.26. The highest BCUT2D eigenvalue weighted by Gasteiger charge is 2.34. The van der Waals surface area contributed by atoms with Crippen LogP contribution in [0.2, 0.25) is 0 Å². The molecule has 134 valence electrons. The Morgan fingerprint density at radius 2 is 1.88 bits per heavy atom. The van der Waals surface area contributed by atoms with Crippen LogP contribution < -0.4 is 5.32 Å². The van der Waals surface area contributed by atoms with Gasteiger partial charge in [-0.15, -0.1) is 0 Å². The van der Waals surface area contributed by atoms with Gasteiger partial charge in [0, 0.05) is 11.3 Å². The third-order valence-corrected chi connectivity index (χ3v) is 4.54. The molecule has 0 aliphatic carbocycles. The second-order valence-corrected chi connectivity index (χ2v) is 6.30. The van der Waals surface area contributed by atoms with Gasteiger partial charge in [0.25, 0.3) is 0 Å². The van der Waals surface area contributed by atoms with E-state index in [0.717, 1.165) is 22.6 Å². The molecule has 1 aromatic carbocycles. The largest absolute Gasteiger partial charge is 0.467 e. The number of rotatable bonds is 6. The molecule has 2 rings (SSSR count). The summed E-state index contributed by atoms with van der Waals surface area (Å²) in [4.78, 5) is 24.4. The molecule has 0 spiro atoms. The van der Waals surface area contributed by atoms with Crippen molar-refractivity contribution in [1.29, 1.82) is 0 Å². The average molecular weight is 343 g/mol. The zero-order valence-corrected chi connectivity index (χ0v) is 15.4. The first-order chi connectivity index (χ1) is 11.8. The van der Waals surface area contributed by atoms with Crippen LogP contribution in [0.5, 0.6) is 0 Å². The van der Waals surface area contributed by atoms with Crippen LogP contribution in [0.25, 0.3) is 5.69 Å². The molecule has 0 saturated carbocycles. The fourth-order valence-electron chi connectivity index (χ4n) is 2.77. The van der Waals surface area contributed by atoms with E-state index in [-0.39, 0.29) is 12.3 Å². The quantitative estimate of drug-likeness (QED) is 0.818. The van der Waals surface area contributed by atoms with Gasteiger partial charge in [-0.2, -0.15) is 5.10 Å². The predicted octanol–water partition coefficient (Wildman–Crippen LogP) is 2.49. The van der Waals surface area contributed by atoms with Crippen molar-refractivity contribution in [2.24, 2.45) is 0 Å². The molecule has 0 unspecified atom stereocenters. The standard InChI is InChI=1S/C19H25N3O3/c1-6-19(4,18(24)25-5)20-17(23)12-16-13(2)21-22(14(16)3)15-10-8-7-9-11-15/h7-11H,6,12H2,1-5H3,(H,20,23)/t19-/m0/s1. The van der Waals surface area contributed by atoms with E-state index in [1.165, 1.54) is 7.11 Å². The summed E-state index contributed by atoms with van der Waals surface area (Å²) in [6.45, 7) is 7.33. The average Bonchev–Trinajstić information content (AvgIpc) is 2.89. The SMILES string of the molecule is CC[C@](C)(NC(=O)Cc1c(C)nn(-c2ccccc2)c1C)C(=O)OC. The van der Waals surface area contributed by atoms with E-state index in [9.17, 15) is 9.59 Å². The van der Waals surface area contributed by atoms with Crippen LogP contribution in [-0.4, -0.2) is 34.3 Å². The number of esters is 1. The van der Waals surface area contributed by atoms with Gasteiger partial charge in [0.1, 0.15) is 5.54 Å². The Morgan fingerprint density at radius 3 is 2.44 bits per heavy atom. The maximum atomic E-state index is 12.5. The smallest absolute Gasteiger partial charge is 0.331 e. The summed E-state index contributed by atoms with van der Waals surface area (Å²) in [5.41, 5.74) is 2.50. The Bertz CT molecular complexity index is 768. The van der Waals surface area contributed by atoms with Gasteiger partial charge in [-0.3, -0.25) is 4.79 Å². The lowest BCUT2D eigenvalue weighted by Crippen LogP contribution is -2.52. The first-order valence-corrected chi connectivity index (χ1v) is 8.32. The summed E-state index contributed by atoms with van der Waals surface area (Å²) < 4.78 is 6.63. The maximum Gasteiger partial charge on any atom is 0.331 e. The van der Waals surface area contributed by atoms with Crippen molar-refractivity contribution in [2.45, 2.75) is 46.1 Å². The van der Waals surface area contributed by atoms with Crippen molar-refractivity contribution >= 4 is 11.9 Å². The van der Waals surface area contributed by atoms with Crippen molar-refractivity contribution < 1.29 is 14.3 Å². The van der Waals surface area contributed by atoms with Crippen LogP contribution in [0.15, 0.2) is 30.3 Å². The van der Waals surface area contributed by atoms with Crippen LogP contribution in [0, 0.1) is 13.8 Å². The molecule has 25 heavy (non-hydrogen) atoms. The molecule has 0 aliphatic rings. The number of hydrogen-bond donors (Lipinski definition) is 1. The molecule has 0 saturated heterocycles. The summed E-state index contributed by atoms with van der Waals surface area (Å²) in [6.07, 6.45) is 0.615. The van der Waals surface area contributed by atoms with Crippen LogP contribution in [0.4, 0.5) is 0 Å². The number of aryl methyl sites for hydroxylation is 1. The summed E-state index contributed by atoms with van der Waals surface area (Å²) in [6, 6.07) is 9.77. The number of carbonyl (C=O) groups excluding carboxylic acids is 2. The molecule has 1 atom stereocenters. The molecule has 1 aromatic heterocycles. The molecule has 1 N–H and O–H groups in total. The van der Waals surface area contributed by atoms with Crippen LogP contribution in [0.3, 0.4) is 0 Å². The highest BCUT2D eigenvalue weighted by atomic mass is 16.5. The summed E-state index contributed by atoms with van der Waals surface area (Å²) in [5, 5.41) is 7.34. The Morgan fingerprint density at radius 1 is 1.24 bits per heavy atom. The van der Waals surface area contributed by atoms with Crippen molar-refractivity contribution in [3.8, 4) is 5.69 Å². The number of nitrogens with one attached hydrogen (secondary N) is 1. The Balaban J connectivity index is 2.22. The van der Waals surface area contributed by atoms with Gasteiger partial charge in [0.05, 0.1) is 24.9 Å². The number of benzene rings is 1. The second-order valence-electron chi connectivity index (χ2n) is 6.30. The van der Waals surface area contributed by atoms with Crippen LogP contribution >= 0.6 is 0 Å². The number of hydrogen-bond acceptors (Lipinski definition) is 4. The monoisotopic (exact) mass is 343 g/mol. The van der Waals surface area contributed by atoms with Crippen molar-refractivity contribution in [3.05, 3.63) is 47.3 Å². The van der Waals surface area contributed by atoms with Gasteiger partial charge in [-0.1, -0.05) is 25.1 Å². The predicted molar refractivity (Wildman–Crippen MR) is 95.6 cm³/mol. The molecule has 0 fully saturated rings. The van der Waals surface area contributed by atoms with Gasteiger partial charge in [-0.05, 0) is 39.3 Å². The van der Waals surface area contributed by atoms with E-state index in [2.05, 4.69) is 10.4 Å². The summed E-state index contributed by atoms with van der Waals surface area (Å²) in [5.74, 6) is -0.676. The second kappa shape index (κ2) is 7.51. The minimum Gasteiger partial charge on any atom is -0.467 e. The molecular formula is C19H25N3O3. The highest BCUT2D eigenvalue weighted by Crippen LogP contribution is 2.19. The molecule has 1 amide bonds. The Kier molecular flexibility index (Phi) is 5.62. The molecule has 1 heterocycles. The number of methoxy groups -OCH3 is 1. The number of ether oxygens (including phenoxy) is 1. The number of carbonyl (C=O) groups is 2. The molecule has 0 bridgehead atoms. The third kappa shape index (κ3) is 3.90. The van der Waals surface area contributed by atoms with Gasteiger partial charge >= 0.3 is 5.97 Å². The topological polar surface area (TPSA) is 73.2 Å². The van der Waals surface area contributed by atoms with Gasteiger partial charge in [0.15, 0.2) is 0 Å². The molecule has 6 nitrogen and oxygen atoms in total. The molecule has 0 radical (unpaired) electrons. The maximum absolute atomic E-state index is 12.5. The Labute approximate surface area is 148 Å². The van der Waals surface area contributed by atoms with Gasteiger partial charge in [0.2, 0.25) is 5.91 Å². The van der Waals surface area contributed by atoms with Crippen LogP contribution in [-0.2, 0) is 20.7 Å². The first kappa shape index (κ1) is 18.7. The normalized spacial score (nSPS) is 13.2. The zero-order valence-electron chi connectivity index (χ0n) is 15.4. The fraction of sp³-hybridized carbons (Fsp3) is 0.421. The van der Waals surface area contributed by atoms with E-state index >= 15 is 0 Å². The Hall–Kier alpha value is -2.63. The summed E-state index contributed by atoms with van der Waals surface area (Å²) in [7, 11) is 1.32. The number of nitrogens with zero attached hydrogens (tertiary/aromatic N) is 2.